The second-order valence-corrected chi connectivity index (χ2v) is 10.9. The van der Waals surface area contributed by atoms with E-state index in [4.69, 9.17) is 21.1 Å². The quantitative estimate of drug-likeness (QED) is 0.287. The Labute approximate surface area is 224 Å². The molecule has 0 heterocycles. The van der Waals surface area contributed by atoms with Crippen molar-refractivity contribution in [2.75, 3.05) is 38.7 Å². The highest BCUT2D eigenvalue weighted by Gasteiger charge is 2.18. The van der Waals surface area contributed by atoms with Crippen LogP contribution < -0.4 is 14.8 Å². The first-order valence-corrected chi connectivity index (χ1v) is 14.1. The van der Waals surface area contributed by atoms with Crippen LogP contribution in [-0.2, 0) is 9.84 Å². The van der Waals surface area contributed by atoms with E-state index in [-0.39, 0.29) is 15.7 Å². The zero-order chi connectivity index (χ0) is 26.8. The van der Waals surface area contributed by atoms with E-state index in [1.807, 2.05) is 0 Å². The van der Waals surface area contributed by atoms with Gasteiger partial charge < -0.3 is 14.8 Å². The van der Waals surface area contributed by atoms with E-state index < -0.39 is 9.84 Å². The number of nitrogens with one attached hydrogen (secondary N) is 1. The molecule has 0 spiro atoms. The molecular weight excluding hydrogens is 512 g/mol. The van der Waals surface area contributed by atoms with Gasteiger partial charge in [-0.15, -0.1) is 0 Å². The predicted octanol–water partition coefficient (Wildman–Crippen LogP) is 5.93. The average Bonchev–Trinajstić information content (AvgIpc) is 2.89. The predicted molar refractivity (Wildman–Crippen MR) is 147 cm³/mol. The molecule has 0 saturated carbocycles. The van der Waals surface area contributed by atoms with Gasteiger partial charge in [0, 0.05) is 28.9 Å². The number of nitrogens with zero attached hydrogens (tertiary/aromatic N) is 1. The van der Waals surface area contributed by atoms with Crippen molar-refractivity contribution in [1.82, 2.24) is 4.90 Å². The topological polar surface area (TPSA) is 84.9 Å². The van der Waals surface area contributed by atoms with Crippen molar-refractivity contribution in [2.45, 2.75) is 36.5 Å². The summed E-state index contributed by atoms with van der Waals surface area (Å²) in [5, 5.41) is 3.29. The molecule has 0 unspecified atom stereocenters. The third kappa shape index (κ3) is 7.71. The summed E-state index contributed by atoms with van der Waals surface area (Å²) in [4.78, 5) is 15.4. The Morgan fingerprint density at radius 2 is 1.46 bits per heavy atom. The third-order valence-electron chi connectivity index (χ3n) is 5.72. The highest BCUT2D eigenvalue weighted by molar-refractivity contribution is 7.91. The highest BCUT2D eigenvalue weighted by atomic mass is 35.5. The van der Waals surface area contributed by atoms with Crippen molar-refractivity contribution >= 4 is 33.0 Å². The van der Waals surface area contributed by atoms with Crippen LogP contribution in [-0.4, -0.2) is 52.6 Å². The van der Waals surface area contributed by atoms with Gasteiger partial charge in [0.25, 0.3) is 5.91 Å². The minimum absolute atomic E-state index is 0.0895. The van der Waals surface area contributed by atoms with E-state index in [0.29, 0.717) is 34.4 Å². The normalized spacial score (nSPS) is 11.4. The fraction of sp³-hybridized carbons (Fsp3) is 0.321. The maximum absolute atomic E-state index is 12.8. The Kier molecular flexibility index (Phi) is 10.4. The van der Waals surface area contributed by atoms with Gasteiger partial charge in [0.05, 0.1) is 16.9 Å². The van der Waals surface area contributed by atoms with Crippen LogP contribution in [0, 0.1) is 0 Å². The molecule has 7 nitrogen and oxygen atoms in total. The van der Waals surface area contributed by atoms with Crippen LogP contribution in [0.15, 0.2) is 76.5 Å². The molecule has 37 heavy (non-hydrogen) atoms. The number of anilines is 1. The van der Waals surface area contributed by atoms with Crippen molar-refractivity contribution in [2.24, 2.45) is 0 Å². The van der Waals surface area contributed by atoms with Crippen LogP contribution in [0.1, 0.15) is 37.0 Å². The van der Waals surface area contributed by atoms with E-state index in [2.05, 4.69) is 24.1 Å². The van der Waals surface area contributed by atoms with Crippen LogP contribution in [0.3, 0.4) is 0 Å². The first-order valence-electron chi connectivity index (χ1n) is 12.2. The number of hydrogen-bond acceptors (Lipinski definition) is 6. The molecule has 0 aliphatic rings. The molecule has 1 N–H and O–H groups in total. The van der Waals surface area contributed by atoms with Crippen molar-refractivity contribution in [3.63, 3.8) is 0 Å². The van der Waals surface area contributed by atoms with E-state index in [0.717, 1.165) is 32.5 Å². The second kappa shape index (κ2) is 13.5. The first kappa shape index (κ1) is 28.5. The summed E-state index contributed by atoms with van der Waals surface area (Å²) in [6.07, 6.45) is 2.16. The summed E-state index contributed by atoms with van der Waals surface area (Å²) < 4.78 is 37.1. The van der Waals surface area contributed by atoms with Crippen LogP contribution in [0.5, 0.6) is 11.5 Å². The maximum atomic E-state index is 12.8. The Balaban J connectivity index is 1.68. The lowest BCUT2D eigenvalue weighted by Crippen LogP contribution is -2.30. The fourth-order valence-electron chi connectivity index (χ4n) is 3.86. The Morgan fingerprint density at radius 3 is 2.03 bits per heavy atom. The van der Waals surface area contributed by atoms with Gasteiger partial charge in [0.15, 0.2) is 11.5 Å². The molecule has 3 aromatic carbocycles. The number of carbonyl (C=O) groups excluding carboxylic acids is 1. The monoisotopic (exact) mass is 544 g/mol. The SMILES string of the molecule is CCCN(CCC)CCOc1cc(NC(=O)c2ccc(S(=O)(=O)c3ccc(Cl)cc3)cc2)ccc1OC. The molecule has 0 fully saturated rings. The zero-order valence-corrected chi connectivity index (χ0v) is 22.9. The van der Waals surface area contributed by atoms with Gasteiger partial charge in [-0.2, -0.15) is 0 Å². The van der Waals surface area contributed by atoms with Gasteiger partial charge in [0.2, 0.25) is 9.84 Å². The molecule has 3 rings (SSSR count). The number of benzene rings is 3. The van der Waals surface area contributed by atoms with Crippen molar-refractivity contribution in [1.29, 1.82) is 0 Å². The van der Waals surface area contributed by atoms with Crippen LogP contribution in [0.4, 0.5) is 5.69 Å². The fourth-order valence-corrected chi connectivity index (χ4v) is 5.25. The molecule has 0 bridgehead atoms. The summed E-state index contributed by atoms with van der Waals surface area (Å²) in [5.74, 6) is 0.744. The molecular formula is C28H33ClN2O5S. The number of rotatable bonds is 13. The van der Waals surface area contributed by atoms with Gasteiger partial charge >= 0.3 is 0 Å². The van der Waals surface area contributed by atoms with E-state index in [9.17, 15) is 13.2 Å². The molecule has 0 radical (unpaired) electrons. The Hall–Kier alpha value is -3.07. The van der Waals surface area contributed by atoms with Crippen LogP contribution in [0.25, 0.3) is 0 Å². The van der Waals surface area contributed by atoms with Crippen molar-refractivity contribution in [3.05, 3.63) is 77.3 Å². The molecule has 0 saturated heterocycles. The standard InChI is InChI=1S/C28H33ClN2O5S/c1-4-16-31(17-5-2)18-19-36-27-20-23(10-15-26(27)35-3)30-28(32)21-6-11-24(12-7-21)37(33,34)25-13-8-22(29)9-14-25/h6-15,20H,4-5,16-19H2,1-3H3,(H,30,32). The van der Waals surface area contributed by atoms with Gasteiger partial charge in [0.1, 0.15) is 6.61 Å². The van der Waals surface area contributed by atoms with Gasteiger partial charge in [-0.25, -0.2) is 8.42 Å². The highest BCUT2D eigenvalue weighted by Crippen LogP contribution is 2.30. The van der Waals surface area contributed by atoms with Gasteiger partial charge in [-0.05, 0) is 86.6 Å². The van der Waals surface area contributed by atoms with Gasteiger partial charge in [-0.1, -0.05) is 25.4 Å². The minimum atomic E-state index is -3.72. The molecule has 3 aromatic rings. The number of methoxy groups -OCH3 is 1. The second-order valence-electron chi connectivity index (χ2n) is 8.49. The molecule has 9 heteroatoms. The van der Waals surface area contributed by atoms with Crippen LogP contribution in [0.2, 0.25) is 5.02 Å². The van der Waals surface area contributed by atoms with Crippen molar-refractivity contribution < 1.29 is 22.7 Å². The molecule has 0 aliphatic heterocycles. The zero-order valence-electron chi connectivity index (χ0n) is 21.4. The Bertz CT molecular complexity index is 1270. The summed E-state index contributed by atoms with van der Waals surface area (Å²) >= 11 is 5.86. The number of ether oxygens (including phenoxy) is 2. The number of amides is 1. The van der Waals surface area contributed by atoms with E-state index in [1.54, 1.807) is 25.3 Å². The van der Waals surface area contributed by atoms with Gasteiger partial charge in [-0.3, -0.25) is 9.69 Å². The summed E-state index contributed by atoms with van der Waals surface area (Å²) in [5.41, 5.74) is 0.862. The van der Waals surface area contributed by atoms with E-state index in [1.165, 1.54) is 48.5 Å². The average molecular weight is 545 g/mol. The number of sulfone groups is 1. The lowest BCUT2D eigenvalue weighted by atomic mass is 10.2. The van der Waals surface area contributed by atoms with Crippen molar-refractivity contribution in [3.8, 4) is 11.5 Å². The molecule has 0 atom stereocenters. The Morgan fingerprint density at radius 1 is 0.865 bits per heavy atom. The number of hydrogen-bond donors (Lipinski definition) is 1. The summed E-state index contributed by atoms with van der Waals surface area (Å²) in [7, 11) is -2.15. The first-order chi connectivity index (χ1) is 17.8. The third-order valence-corrected chi connectivity index (χ3v) is 7.75. The molecule has 198 valence electrons. The lowest BCUT2D eigenvalue weighted by Gasteiger charge is -2.21. The number of carbonyl (C=O) groups is 1. The molecule has 1 amide bonds. The maximum Gasteiger partial charge on any atom is 0.255 e. The summed E-state index contributed by atoms with van der Waals surface area (Å²) in [6, 6.07) is 16.9. The summed E-state index contributed by atoms with van der Waals surface area (Å²) in [6.45, 7) is 7.65. The van der Waals surface area contributed by atoms with Crippen LogP contribution >= 0.6 is 11.6 Å². The molecule has 0 aromatic heterocycles. The lowest BCUT2D eigenvalue weighted by molar-refractivity contribution is 0.102. The smallest absolute Gasteiger partial charge is 0.255 e. The molecule has 0 aliphatic carbocycles. The van der Waals surface area contributed by atoms with E-state index >= 15 is 0 Å². The number of halogens is 1. The minimum Gasteiger partial charge on any atom is -0.493 e. The largest absolute Gasteiger partial charge is 0.493 e.